The van der Waals surface area contributed by atoms with Gasteiger partial charge in [0.25, 0.3) is 0 Å². The molecule has 18 heavy (non-hydrogen) atoms. The molecule has 0 fully saturated rings. The second-order valence-electron chi connectivity index (χ2n) is 4.34. The Hall–Kier alpha value is -0.203. The monoisotopic (exact) mass is 288 g/mol. The molecule has 1 aromatic rings. The molecule has 0 aliphatic rings. The molecular formula is C13H24O3SSi. The van der Waals surface area contributed by atoms with Gasteiger partial charge in [0.1, 0.15) is 0 Å². The topological polar surface area (TPSA) is 27.7 Å². The van der Waals surface area contributed by atoms with Crippen molar-refractivity contribution in [2.24, 2.45) is 0 Å². The van der Waals surface area contributed by atoms with E-state index in [0.717, 1.165) is 12.5 Å². The Kier molecular flexibility index (Phi) is 7.77. The van der Waals surface area contributed by atoms with Gasteiger partial charge in [0.2, 0.25) is 0 Å². The summed E-state index contributed by atoms with van der Waals surface area (Å²) in [5.74, 6) is 0. The van der Waals surface area contributed by atoms with Gasteiger partial charge in [-0.05, 0) is 41.7 Å². The van der Waals surface area contributed by atoms with Crippen molar-refractivity contribution in [3.05, 3.63) is 22.4 Å². The van der Waals surface area contributed by atoms with Crippen LogP contribution in [-0.2, 0) is 19.7 Å². The van der Waals surface area contributed by atoms with Crippen molar-refractivity contribution in [3.63, 3.8) is 0 Å². The maximum Gasteiger partial charge on any atom is 0.500 e. The average molecular weight is 288 g/mol. The van der Waals surface area contributed by atoms with E-state index < -0.39 is 8.80 Å². The van der Waals surface area contributed by atoms with E-state index in [0.29, 0.717) is 0 Å². The van der Waals surface area contributed by atoms with Crippen LogP contribution in [-0.4, -0.2) is 30.1 Å². The molecule has 0 saturated carbocycles. The molecular weight excluding hydrogens is 264 g/mol. The van der Waals surface area contributed by atoms with Gasteiger partial charge in [-0.1, -0.05) is 12.8 Å². The first-order valence-electron chi connectivity index (χ1n) is 6.43. The van der Waals surface area contributed by atoms with Gasteiger partial charge in [0.05, 0.1) is 0 Å². The molecule has 0 atom stereocenters. The van der Waals surface area contributed by atoms with E-state index in [1.165, 1.54) is 31.2 Å². The highest BCUT2D eigenvalue weighted by molar-refractivity contribution is 7.07. The lowest BCUT2D eigenvalue weighted by Gasteiger charge is -2.24. The van der Waals surface area contributed by atoms with Crippen molar-refractivity contribution >= 4 is 20.1 Å². The van der Waals surface area contributed by atoms with Crippen molar-refractivity contribution in [2.75, 3.05) is 21.3 Å². The highest BCUT2D eigenvalue weighted by Crippen LogP contribution is 2.18. The highest BCUT2D eigenvalue weighted by atomic mass is 32.1. The van der Waals surface area contributed by atoms with Gasteiger partial charge in [-0.3, -0.25) is 0 Å². The first-order valence-corrected chi connectivity index (χ1v) is 9.30. The zero-order chi connectivity index (χ0) is 13.3. The predicted octanol–water partition coefficient (Wildman–Crippen LogP) is 3.73. The van der Waals surface area contributed by atoms with Crippen LogP contribution in [0, 0.1) is 0 Å². The predicted molar refractivity (Wildman–Crippen MR) is 78.1 cm³/mol. The molecule has 104 valence electrons. The minimum absolute atomic E-state index is 0.912. The zero-order valence-corrected chi connectivity index (χ0v) is 13.4. The zero-order valence-electron chi connectivity index (χ0n) is 11.6. The summed E-state index contributed by atoms with van der Waals surface area (Å²) in [6.07, 6.45) is 6.06. The van der Waals surface area contributed by atoms with E-state index >= 15 is 0 Å². The maximum absolute atomic E-state index is 5.40. The molecule has 0 bridgehead atoms. The molecule has 0 aliphatic heterocycles. The van der Waals surface area contributed by atoms with E-state index in [1.807, 2.05) is 0 Å². The standard InChI is InChI=1S/C13H24O3SSi/c1-14-18(15-2,16-3)11-7-5-4-6-8-13-9-10-17-12-13/h9-10,12H,4-8,11H2,1-3H3. The van der Waals surface area contributed by atoms with Gasteiger partial charge in [-0.15, -0.1) is 0 Å². The number of aryl methyl sites for hydroxylation is 1. The largest absolute Gasteiger partial charge is 0.500 e. The Balaban J connectivity index is 2.07. The van der Waals surface area contributed by atoms with Crippen molar-refractivity contribution in [2.45, 2.75) is 38.1 Å². The number of hydrogen-bond acceptors (Lipinski definition) is 4. The molecule has 5 heteroatoms. The summed E-state index contributed by atoms with van der Waals surface area (Å²) in [5, 5.41) is 4.38. The molecule has 0 spiro atoms. The minimum Gasteiger partial charge on any atom is -0.377 e. The van der Waals surface area contributed by atoms with E-state index in [1.54, 1.807) is 32.7 Å². The summed E-state index contributed by atoms with van der Waals surface area (Å²) in [7, 11) is 2.70. The van der Waals surface area contributed by atoms with Crippen molar-refractivity contribution in [1.29, 1.82) is 0 Å². The fraction of sp³-hybridized carbons (Fsp3) is 0.692. The second-order valence-corrected chi connectivity index (χ2v) is 8.21. The van der Waals surface area contributed by atoms with Crippen molar-refractivity contribution < 1.29 is 13.3 Å². The minimum atomic E-state index is -2.33. The Bertz CT molecular complexity index is 291. The molecule has 0 radical (unpaired) electrons. The first-order chi connectivity index (χ1) is 8.76. The molecule has 0 amide bonds. The van der Waals surface area contributed by atoms with Crippen LogP contribution in [0.4, 0.5) is 0 Å². The lowest BCUT2D eigenvalue weighted by atomic mass is 10.1. The van der Waals surface area contributed by atoms with Gasteiger partial charge in [-0.2, -0.15) is 11.3 Å². The van der Waals surface area contributed by atoms with E-state index in [4.69, 9.17) is 13.3 Å². The van der Waals surface area contributed by atoms with Gasteiger partial charge in [-0.25, -0.2) is 0 Å². The van der Waals surface area contributed by atoms with E-state index in [-0.39, 0.29) is 0 Å². The SMILES string of the molecule is CO[Si](CCCCCCc1ccsc1)(OC)OC. The second kappa shape index (κ2) is 8.82. The summed E-state index contributed by atoms with van der Waals surface area (Å²) < 4.78 is 16.2. The Morgan fingerprint density at radius 2 is 1.67 bits per heavy atom. The molecule has 0 aliphatic carbocycles. The van der Waals surface area contributed by atoms with Crippen LogP contribution in [0.2, 0.25) is 6.04 Å². The third-order valence-corrected chi connectivity index (χ3v) is 6.78. The third kappa shape index (κ3) is 5.20. The highest BCUT2D eigenvalue weighted by Gasteiger charge is 2.36. The van der Waals surface area contributed by atoms with Crippen LogP contribution >= 0.6 is 11.3 Å². The van der Waals surface area contributed by atoms with E-state index in [2.05, 4.69) is 16.8 Å². The molecule has 1 aromatic heterocycles. The van der Waals surface area contributed by atoms with E-state index in [9.17, 15) is 0 Å². The summed E-state index contributed by atoms with van der Waals surface area (Å²) in [6.45, 7) is 0. The van der Waals surface area contributed by atoms with Crippen LogP contribution in [0.5, 0.6) is 0 Å². The number of unbranched alkanes of at least 4 members (excludes halogenated alkanes) is 3. The van der Waals surface area contributed by atoms with Gasteiger partial charge in [0, 0.05) is 27.4 Å². The maximum atomic E-state index is 5.40. The van der Waals surface area contributed by atoms with Gasteiger partial charge in [0.15, 0.2) is 0 Å². The van der Waals surface area contributed by atoms with Crippen molar-refractivity contribution in [1.82, 2.24) is 0 Å². The number of hydrogen-bond donors (Lipinski definition) is 0. The van der Waals surface area contributed by atoms with Crippen LogP contribution in [0.1, 0.15) is 31.2 Å². The lowest BCUT2D eigenvalue weighted by molar-refractivity contribution is 0.122. The van der Waals surface area contributed by atoms with Gasteiger partial charge >= 0.3 is 8.80 Å². The molecule has 0 aromatic carbocycles. The van der Waals surface area contributed by atoms with Crippen molar-refractivity contribution in [3.8, 4) is 0 Å². The first kappa shape index (κ1) is 15.9. The Labute approximate surface area is 115 Å². The third-order valence-electron chi connectivity index (χ3n) is 3.21. The molecule has 0 N–H and O–H groups in total. The number of thiophene rings is 1. The number of rotatable bonds is 10. The Morgan fingerprint density at radius 1 is 1.00 bits per heavy atom. The van der Waals surface area contributed by atoms with Crippen LogP contribution < -0.4 is 0 Å². The fourth-order valence-electron chi connectivity index (χ4n) is 2.02. The van der Waals surface area contributed by atoms with Crippen LogP contribution in [0.15, 0.2) is 16.8 Å². The Morgan fingerprint density at radius 3 is 2.22 bits per heavy atom. The quantitative estimate of drug-likeness (QED) is 0.485. The fourth-order valence-corrected chi connectivity index (χ4v) is 4.51. The summed E-state index contributed by atoms with van der Waals surface area (Å²) in [5.41, 5.74) is 1.47. The summed E-state index contributed by atoms with van der Waals surface area (Å²) >= 11 is 1.78. The lowest BCUT2D eigenvalue weighted by Crippen LogP contribution is -2.42. The molecule has 0 saturated heterocycles. The molecule has 1 heterocycles. The normalized spacial score (nSPS) is 11.9. The summed E-state index contributed by atoms with van der Waals surface area (Å²) in [4.78, 5) is 0. The van der Waals surface area contributed by atoms with Gasteiger partial charge < -0.3 is 13.3 Å². The molecule has 0 unspecified atom stereocenters. The average Bonchev–Trinajstić information content (AvgIpc) is 2.92. The summed E-state index contributed by atoms with van der Waals surface area (Å²) in [6, 6.07) is 3.12. The van der Waals surface area contributed by atoms with Crippen LogP contribution in [0.25, 0.3) is 0 Å². The smallest absolute Gasteiger partial charge is 0.377 e. The van der Waals surface area contributed by atoms with Crippen LogP contribution in [0.3, 0.4) is 0 Å². The molecule has 1 rings (SSSR count). The molecule has 3 nitrogen and oxygen atoms in total.